The number of aromatic nitrogens is 2. The van der Waals surface area contributed by atoms with Crippen LogP contribution in [0.4, 0.5) is 11.4 Å². The Morgan fingerprint density at radius 1 is 0.843 bits per heavy atom. The van der Waals surface area contributed by atoms with E-state index in [2.05, 4.69) is 36.1 Å². The zero-order chi connectivity index (χ0) is 49.6. The first-order valence-corrected chi connectivity index (χ1v) is 23.6. The second-order valence-electron chi connectivity index (χ2n) is 18.1. The molecule has 3 amide bonds. The van der Waals surface area contributed by atoms with Gasteiger partial charge in [-0.1, -0.05) is 36.4 Å². The lowest BCUT2D eigenvalue weighted by molar-refractivity contribution is -0.131. The maximum Gasteiger partial charge on any atom is 0.290 e. The molecule has 362 valence electrons. The summed E-state index contributed by atoms with van der Waals surface area (Å²) in [5, 5.41) is 27.0. The number of carbonyl (C=O) groups excluding carboxylic acids is 3. The molecule has 1 atom stereocenters. The van der Waals surface area contributed by atoms with Gasteiger partial charge in [-0.15, -0.1) is 0 Å². The quantitative estimate of drug-likeness (QED) is 0.125. The molecule has 15 heteroatoms. The van der Waals surface area contributed by atoms with Gasteiger partial charge in [-0.05, 0) is 122 Å². The summed E-state index contributed by atoms with van der Waals surface area (Å²) in [5.74, 6) is 0.412. The van der Waals surface area contributed by atoms with Crippen LogP contribution in [0.1, 0.15) is 72.5 Å². The van der Waals surface area contributed by atoms with Gasteiger partial charge in [0, 0.05) is 93.3 Å². The van der Waals surface area contributed by atoms with Crippen molar-refractivity contribution in [1.29, 1.82) is 5.26 Å². The second-order valence-corrected chi connectivity index (χ2v) is 18.1. The third-order valence-electron chi connectivity index (χ3n) is 14.0. The number of hydrogen-bond acceptors (Lipinski definition) is 9. The smallest absolute Gasteiger partial charge is 0.290 e. The standard InChI is InChI=1S/C54H57N7O6.CH2O2/c1-35-26-39-8-6-7-9-41(39)34-60(35)53(64)49-29-42-33-59(52(63)27-38-10-16-46(17-11-38)67-25-22-58-20-23-66-24-21-58)19-18-40(42)28-48(49)51-31-47(36(2)57(51)5)54(65)61(43-12-14-45(62)15-13-43)50-30-44(32-55)56(4)37(50)3;2-1-3/h6-17,28-31,35,62H,18-27,33-34H2,1-5H3;1H,(H,2,3)/t35-;/m1./s1. The van der Waals surface area contributed by atoms with Gasteiger partial charge in [0.05, 0.1) is 30.9 Å². The summed E-state index contributed by atoms with van der Waals surface area (Å²) < 4.78 is 15.2. The highest BCUT2D eigenvalue weighted by Crippen LogP contribution is 2.38. The molecular formula is C55H59N7O8. The number of rotatable bonds is 11. The summed E-state index contributed by atoms with van der Waals surface area (Å²) in [6.45, 7) is 11.7. The molecule has 3 aliphatic rings. The number of phenolic OH excluding ortho intramolecular Hbond substituents is 1. The number of ether oxygens (including phenoxy) is 2. The minimum atomic E-state index is -0.324. The van der Waals surface area contributed by atoms with E-state index in [0.29, 0.717) is 77.8 Å². The van der Waals surface area contributed by atoms with Crippen molar-refractivity contribution in [3.05, 3.63) is 153 Å². The van der Waals surface area contributed by atoms with Crippen molar-refractivity contribution in [2.45, 2.75) is 59.2 Å². The zero-order valence-corrected chi connectivity index (χ0v) is 40.4. The van der Waals surface area contributed by atoms with Crippen LogP contribution >= 0.6 is 0 Å². The van der Waals surface area contributed by atoms with Gasteiger partial charge in [0.2, 0.25) is 5.91 Å². The molecule has 0 unspecified atom stereocenters. The van der Waals surface area contributed by atoms with Gasteiger partial charge >= 0.3 is 0 Å². The predicted molar refractivity (Wildman–Crippen MR) is 265 cm³/mol. The van der Waals surface area contributed by atoms with E-state index in [9.17, 15) is 15.2 Å². The van der Waals surface area contributed by atoms with E-state index in [4.69, 9.17) is 19.4 Å². The summed E-state index contributed by atoms with van der Waals surface area (Å²) >= 11 is 0. The van der Waals surface area contributed by atoms with Crippen molar-refractivity contribution < 1.29 is 38.9 Å². The maximum absolute atomic E-state index is 15.2. The Balaban J connectivity index is 0.00000214. The predicted octanol–water partition coefficient (Wildman–Crippen LogP) is 7.33. The van der Waals surface area contributed by atoms with Crippen molar-refractivity contribution in [3.8, 4) is 28.8 Å². The Bertz CT molecular complexity index is 2940. The van der Waals surface area contributed by atoms with Crippen molar-refractivity contribution in [3.63, 3.8) is 0 Å². The fraction of sp³-hybridized carbons (Fsp3) is 0.327. The van der Waals surface area contributed by atoms with Crippen LogP contribution in [-0.2, 0) is 60.8 Å². The number of phenols is 1. The first kappa shape index (κ1) is 48.8. The van der Waals surface area contributed by atoms with Gasteiger partial charge in [-0.25, -0.2) is 0 Å². The number of nitriles is 1. The minimum Gasteiger partial charge on any atom is -0.508 e. The summed E-state index contributed by atoms with van der Waals surface area (Å²) in [6, 6.07) is 32.2. The zero-order valence-electron chi connectivity index (χ0n) is 40.4. The Morgan fingerprint density at radius 2 is 1.54 bits per heavy atom. The van der Waals surface area contributed by atoms with Gasteiger partial charge in [0.25, 0.3) is 18.3 Å². The van der Waals surface area contributed by atoms with E-state index >= 15 is 9.59 Å². The molecule has 0 bridgehead atoms. The lowest BCUT2D eigenvalue weighted by atomic mass is 9.89. The van der Waals surface area contributed by atoms with Crippen molar-refractivity contribution in [2.75, 3.05) is 50.9 Å². The third kappa shape index (κ3) is 10.2. The van der Waals surface area contributed by atoms with E-state index in [1.807, 2.05) is 83.8 Å². The molecule has 15 nitrogen and oxygen atoms in total. The van der Waals surface area contributed by atoms with Crippen LogP contribution in [0, 0.1) is 25.2 Å². The molecule has 0 saturated carbocycles. The van der Waals surface area contributed by atoms with Gasteiger partial charge < -0.3 is 38.6 Å². The molecule has 1 saturated heterocycles. The number of amides is 3. The van der Waals surface area contributed by atoms with Crippen LogP contribution in [0.2, 0.25) is 0 Å². The fourth-order valence-corrected chi connectivity index (χ4v) is 9.70. The Labute approximate surface area is 408 Å². The van der Waals surface area contributed by atoms with Gasteiger partial charge in [-0.3, -0.25) is 29.0 Å². The molecule has 6 aromatic rings. The second kappa shape index (κ2) is 21.3. The van der Waals surface area contributed by atoms with Gasteiger partial charge in [0.15, 0.2) is 0 Å². The average molecular weight is 946 g/mol. The number of fused-ring (bicyclic) bond motifs is 2. The molecule has 2 aromatic heterocycles. The Morgan fingerprint density at radius 3 is 2.23 bits per heavy atom. The summed E-state index contributed by atoms with van der Waals surface area (Å²) in [6.07, 6.45) is 1.58. The number of hydrogen-bond donors (Lipinski definition) is 2. The number of aromatic hydroxyl groups is 1. The van der Waals surface area contributed by atoms with E-state index < -0.39 is 0 Å². The topological polar surface area (TPSA) is 174 Å². The van der Waals surface area contributed by atoms with E-state index in [-0.39, 0.29) is 42.4 Å². The fourth-order valence-electron chi connectivity index (χ4n) is 9.70. The van der Waals surface area contributed by atoms with Crippen LogP contribution in [0.25, 0.3) is 11.3 Å². The number of carboxylic acid groups (broad SMARTS) is 1. The van der Waals surface area contributed by atoms with Crippen LogP contribution < -0.4 is 9.64 Å². The molecule has 9 rings (SSSR count). The highest BCUT2D eigenvalue weighted by molar-refractivity contribution is 6.13. The number of carbonyl (C=O) groups is 4. The molecule has 1 fully saturated rings. The molecule has 0 radical (unpaired) electrons. The number of anilines is 2. The lowest BCUT2D eigenvalue weighted by Crippen LogP contribution is -2.43. The van der Waals surface area contributed by atoms with Crippen LogP contribution in [0.3, 0.4) is 0 Å². The van der Waals surface area contributed by atoms with Gasteiger partial charge in [0.1, 0.15) is 29.9 Å². The molecule has 0 spiro atoms. The van der Waals surface area contributed by atoms with E-state index in [1.165, 1.54) is 17.7 Å². The maximum atomic E-state index is 15.2. The first-order valence-electron chi connectivity index (χ1n) is 23.6. The molecule has 2 N–H and O–H groups in total. The Hall–Kier alpha value is -7.67. The minimum absolute atomic E-state index is 0.0137. The van der Waals surface area contributed by atoms with E-state index in [1.54, 1.807) is 34.7 Å². The summed E-state index contributed by atoms with van der Waals surface area (Å²) in [7, 11) is 3.70. The molecule has 70 heavy (non-hydrogen) atoms. The van der Waals surface area contributed by atoms with Crippen LogP contribution in [-0.4, -0.2) is 110 Å². The average Bonchev–Trinajstić information content (AvgIpc) is 3.83. The monoisotopic (exact) mass is 945 g/mol. The van der Waals surface area contributed by atoms with Crippen molar-refractivity contribution in [2.24, 2.45) is 14.1 Å². The normalized spacial score (nSPS) is 15.5. The van der Waals surface area contributed by atoms with Crippen molar-refractivity contribution in [1.82, 2.24) is 23.8 Å². The number of benzene rings is 4. The molecule has 4 aromatic carbocycles. The van der Waals surface area contributed by atoms with Crippen LogP contribution in [0.15, 0.2) is 97.1 Å². The summed E-state index contributed by atoms with van der Waals surface area (Å²) in [4.78, 5) is 60.2. The Kier molecular flexibility index (Phi) is 14.9. The first-order chi connectivity index (χ1) is 33.8. The molecule has 5 heterocycles. The SMILES string of the molecule is Cc1c(N(C(=O)c2cc(-c3cc4c(cc3C(=O)N3Cc5ccccc5C[C@H]3C)CN(C(=O)Cc3ccc(OCCN5CCOCC5)cc3)CC4)n(C)c2C)c2ccc(O)cc2)cc(C#N)n1C.O=CO. The summed E-state index contributed by atoms with van der Waals surface area (Å²) in [5.41, 5.74) is 10.5. The van der Waals surface area contributed by atoms with Crippen LogP contribution in [0.5, 0.6) is 11.5 Å². The molecule has 0 aliphatic carbocycles. The highest BCUT2D eigenvalue weighted by atomic mass is 16.5. The third-order valence-corrected chi connectivity index (χ3v) is 14.0. The lowest BCUT2D eigenvalue weighted by Gasteiger charge is -2.36. The largest absolute Gasteiger partial charge is 0.508 e. The van der Waals surface area contributed by atoms with Gasteiger partial charge in [-0.2, -0.15) is 5.26 Å². The van der Waals surface area contributed by atoms with Crippen molar-refractivity contribution >= 4 is 35.6 Å². The highest BCUT2D eigenvalue weighted by Gasteiger charge is 2.33. The molecule has 3 aliphatic heterocycles. The molecular weight excluding hydrogens is 887 g/mol. The van der Waals surface area contributed by atoms with E-state index in [0.717, 1.165) is 73.0 Å². The number of morpholine rings is 1. The number of nitrogens with zero attached hydrogens (tertiary/aromatic N) is 7.